The zero-order chi connectivity index (χ0) is 15.7. The molecule has 0 fully saturated rings. The normalized spacial score (nSPS) is 11.0. The molecule has 6 heteroatoms. The van der Waals surface area contributed by atoms with E-state index in [1.165, 1.54) is 0 Å². The molecular formula is C15H18N2O4. The van der Waals surface area contributed by atoms with Crippen molar-refractivity contribution in [3.63, 3.8) is 0 Å². The van der Waals surface area contributed by atoms with Gasteiger partial charge in [-0.25, -0.2) is 9.59 Å². The van der Waals surface area contributed by atoms with E-state index in [1.54, 1.807) is 24.3 Å². The van der Waals surface area contributed by atoms with Crippen LogP contribution in [-0.4, -0.2) is 29.8 Å². The second-order valence-corrected chi connectivity index (χ2v) is 4.32. The number of amides is 2. The number of carboxylic acid groups (broad SMARTS) is 1. The molecule has 2 amide bonds. The Morgan fingerprint density at radius 3 is 2.86 bits per heavy atom. The van der Waals surface area contributed by atoms with Crippen molar-refractivity contribution < 1.29 is 19.4 Å². The maximum Gasteiger partial charge on any atom is 0.341 e. The lowest BCUT2D eigenvalue weighted by Gasteiger charge is -2.15. The largest absolute Gasteiger partial charge is 0.482 e. The predicted octanol–water partition coefficient (Wildman–Crippen LogP) is 2.07. The molecule has 0 bridgehead atoms. The highest BCUT2D eigenvalue weighted by atomic mass is 16.5. The number of carbonyl (C=O) groups is 2. The molecule has 3 N–H and O–H groups in total. The molecule has 1 unspecified atom stereocenters. The zero-order valence-electron chi connectivity index (χ0n) is 11.8. The second kappa shape index (κ2) is 8.48. The molecule has 0 heterocycles. The Labute approximate surface area is 123 Å². The average Bonchev–Trinajstić information content (AvgIpc) is 2.45. The Kier molecular flexibility index (Phi) is 6.61. The molecule has 0 aromatic heterocycles. The topological polar surface area (TPSA) is 87.7 Å². The Balaban J connectivity index is 2.57. The molecule has 0 spiro atoms. The van der Waals surface area contributed by atoms with Gasteiger partial charge in [0.15, 0.2) is 6.61 Å². The maximum absolute atomic E-state index is 11.8. The molecule has 1 aromatic rings. The van der Waals surface area contributed by atoms with Crippen LogP contribution in [0.3, 0.4) is 0 Å². The van der Waals surface area contributed by atoms with Crippen LogP contribution in [0.2, 0.25) is 0 Å². The maximum atomic E-state index is 11.8. The molecule has 0 aliphatic carbocycles. The van der Waals surface area contributed by atoms with Gasteiger partial charge >= 0.3 is 12.0 Å². The summed E-state index contributed by atoms with van der Waals surface area (Å²) in [6.45, 7) is 1.50. The fourth-order valence-electron chi connectivity index (χ4n) is 1.60. The quantitative estimate of drug-likeness (QED) is 0.671. The van der Waals surface area contributed by atoms with Crippen LogP contribution in [0.1, 0.15) is 19.8 Å². The van der Waals surface area contributed by atoms with Crippen molar-refractivity contribution >= 4 is 17.7 Å². The van der Waals surface area contributed by atoms with Crippen molar-refractivity contribution in [2.24, 2.45) is 0 Å². The molecule has 21 heavy (non-hydrogen) atoms. The Hall–Kier alpha value is -2.68. The number of anilines is 1. The molecule has 1 aromatic carbocycles. The van der Waals surface area contributed by atoms with Gasteiger partial charge in [0.25, 0.3) is 0 Å². The Morgan fingerprint density at radius 1 is 1.48 bits per heavy atom. The lowest BCUT2D eigenvalue weighted by atomic mass is 10.1. The fourth-order valence-corrected chi connectivity index (χ4v) is 1.60. The molecule has 112 valence electrons. The molecule has 0 saturated heterocycles. The highest BCUT2D eigenvalue weighted by Gasteiger charge is 2.09. The first-order valence-corrected chi connectivity index (χ1v) is 6.50. The lowest BCUT2D eigenvalue weighted by molar-refractivity contribution is -0.139. The Morgan fingerprint density at radius 2 is 2.24 bits per heavy atom. The van der Waals surface area contributed by atoms with Gasteiger partial charge in [0.05, 0.1) is 0 Å². The minimum atomic E-state index is -1.06. The third-order valence-electron chi connectivity index (χ3n) is 2.65. The van der Waals surface area contributed by atoms with Crippen LogP contribution < -0.4 is 15.4 Å². The van der Waals surface area contributed by atoms with Gasteiger partial charge in [-0.3, -0.25) is 0 Å². The van der Waals surface area contributed by atoms with Gasteiger partial charge in [0.2, 0.25) is 0 Å². The summed E-state index contributed by atoms with van der Waals surface area (Å²) in [6, 6.07) is 6.04. The number of terminal acetylenes is 1. The summed E-state index contributed by atoms with van der Waals surface area (Å²) >= 11 is 0. The summed E-state index contributed by atoms with van der Waals surface area (Å²) in [5, 5.41) is 14.0. The van der Waals surface area contributed by atoms with Crippen LogP contribution in [0, 0.1) is 12.3 Å². The monoisotopic (exact) mass is 290 g/mol. The first kappa shape index (κ1) is 16.4. The van der Waals surface area contributed by atoms with E-state index in [-0.39, 0.29) is 12.1 Å². The van der Waals surface area contributed by atoms with E-state index in [2.05, 4.69) is 16.6 Å². The number of hydrogen-bond donors (Lipinski definition) is 3. The zero-order valence-corrected chi connectivity index (χ0v) is 11.8. The SMILES string of the molecule is C#CCC(CC)NC(=O)Nc1cccc(OCC(=O)O)c1. The summed E-state index contributed by atoms with van der Waals surface area (Å²) in [7, 11) is 0. The van der Waals surface area contributed by atoms with Crippen LogP contribution in [0.25, 0.3) is 0 Å². The number of rotatable bonds is 7. The van der Waals surface area contributed by atoms with Crippen molar-refractivity contribution in [2.75, 3.05) is 11.9 Å². The van der Waals surface area contributed by atoms with Crippen LogP contribution in [-0.2, 0) is 4.79 Å². The summed E-state index contributed by atoms with van der Waals surface area (Å²) < 4.78 is 5.03. The molecule has 0 radical (unpaired) electrons. The molecule has 0 aliphatic heterocycles. The lowest BCUT2D eigenvalue weighted by Crippen LogP contribution is -2.37. The van der Waals surface area contributed by atoms with E-state index >= 15 is 0 Å². The van der Waals surface area contributed by atoms with E-state index in [0.717, 1.165) is 6.42 Å². The highest BCUT2D eigenvalue weighted by Crippen LogP contribution is 2.17. The van der Waals surface area contributed by atoms with Gasteiger partial charge in [0.1, 0.15) is 5.75 Å². The first-order valence-electron chi connectivity index (χ1n) is 6.50. The standard InChI is InChI=1S/C15H18N2O4/c1-3-6-11(4-2)16-15(20)17-12-7-5-8-13(9-12)21-10-14(18)19/h1,5,7-9,11H,4,6,10H2,2H3,(H,18,19)(H2,16,17,20). The summed E-state index contributed by atoms with van der Waals surface area (Å²) in [5.74, 6) is 1.81. The van der Waals surface area contributed by atoms with Crippen LogP contribution >= 0.6 is 0 Å². The van der Waals surface area contributed by atoms with Crippen molar-refractivity contribution in [2.45, 2.75) is 25.8 Å². The van der Waals surface area contributed by atoms with E-state index in [9.17, 15) is 9.59 Å². The highest BCUT2D eigenvalue weighted by molar-refractivity contribution is 5.89. The van der Waals surface area contributed by atoms with Crippen molar-refractivity contribution in [1.82, 2.24) is 5.32 Å². The number of aliphatic carboxylic acids is 1. The number of carbonyl (C=O) groups excluding carboxylic acids is 1. The molecule has 6 nitrogen and oxygen atoms in total. The van der Waals surface area contributed by atoms with Gasteiger partial charge in [-0.1, -0.05) is 13.0 Å². The molecule has 0 saturated carbocycles. The fraction of sp³-hybridized carbons (Fsp3) is 0.333. The van der Waals surface area contributed by atoms with Gasteiger partial charge in [-0.05, 0) is 18.6 Å². The van der Waals surface area contributed by atoms with Crippen LogP contribution in [0.15, 0.2) is 24.3 Å². The number of carboxylic acids is 1. The first-order chi connectivity index (χ1) is 10.0. The van der Waals surface area contributed by atoms with Gasteiger partial charge in [0, 0.05) is 24.2 Å². The smallest absolute Gasteiger partial charge is 0.341 e. The van der Waals surface area contributed by atoms with Gasteiger partial charge in [-0.15, -0.1) is 12.3 Å². The molecule has 0 aliphatic rings. The van der Waals surface area contributed by atoms with E-state index in [1.807, 2.05) is 6.92 Å². The van der Waals surface area contributed by atoms with Crippen molar-refractivity contribution in [1.29, 1.82) is 0 Å². The number of urea groups is 1. The molecule has 1 rings (SSSR count). The summed E-state index contributed by atoms with van der Waals surface area (Å²) in [4.78, 5) is 22.2. The number of ether oxygens (including phenoxy) is 1. The van der Waals surface area contributed by atoms with Gasteiger partial charge < -0.3 is 20.5 Å². The van der Waals surface area contributed by atoms with Gasteiger partial charge in [-0.2, -0.15) is 0 Å². The second-order valence-electron chi connectivity index (χ2n) is 4.32. The van der Waals surface area contributed by atoms with E-state index in [0.29, 0.717) is 17.9 Å². The average molecular weight is 290 g/mol. The Bertz CT molecular complexity index is 537. The minimum absolute atomic E-state index is 0.0820. The minimum Gasteiger partial charge on any atom is -0.482 e. The van der Waals surface area contributed by atoms with E-state index < -0.39 is 12.6 Å². The van der Waals surface area contributed by atoms with Crippen LogP contribution in [0.5, 0.6) is 5.75 Å². The van der Waals surface area contributed by atoms with Crippen LogP contribution in [0.4, 0.5) is 10.5 Å². The summed E-state index contributed by atoms with van der Waals surface area (Å²) in [6.07, 6.45) is 6.42. The number of benzene rings is 1. The third kappa shape index (κ3) is 6.34. The van der Waals surface area contributed by atoms with Crippen molar-refractivity contribution in [3.8, 4) is 18.1 Å². The van der Waals surface area contributed by atoms with E-state index in [4.69, 9.17) is 16.3 Å². The molecular weight excluding hydrogens is 272 g/mol. The predicted molar refractivity (Wildman–Crippen MR) is 79.3 cm³/mol. The number of hydrogen-bond acceptors (Lipinski definition) is 3. The third-order valence-corrected chi connectivity index (χ3v) is 2.65. The van der Waals surface area contributed by atoms with Crippen molar-refractivity contribution in [3.05, 3.63) is 24.3 Å². The summed E-state index contributed by atoms with van der Waals surface area (Å²) in [5.41, 5.74) is 0.506. The number of nitrogens with one attached hydrogen (secondary N) is 2. The molecule has 1 atom stereocenters.